The second-order valence-corrected chi connectivity index (χ2v) is 5.32. The van der Waals surface area contributed by atoms with Crippen molar-refractivity contribution in [3.63, 3.8) is 0 Å². The second-order valence-electron chi connectivity index (χ2n) is 5.32. The van der Waals surface area contributed by atoms with Gasteiger partial charge >= 0.3 is 0 Å². The highest BCUT2D eigenvalue weighted by Crippen LogP contribution is 2.12. The smallest absolute Gasteiger partial charge is 0.126 e. The lowest BCUT2D eigenvalue weighted by Crippen LogP contribution is -2.34. The summed E-state index contributed by atoms with van der Waals surface area (Å²) in [4.78, 5) is 0. The Bertz CT molecular complexity index is 560. The van der Waals surface area contributed by atoms with Crippen LogP contribution in [0.25, 0.3) is 0 Å². The molecule has 1 unspecified atom stereocenters. The van der Waals surface area contributed by atoms with Gasteiger partial charge in [0.25, 0.3) is 0 Å². The Morgan fingerprint density at radius 3 is 2.48 bits per heavy atom. The number of hydrogen-bond donors (Lipinski definition) is 1. The molecule has 0 aliphatic rings. The molecule has 0 saturated carbocycles. The van der Waals surface area contributed by atoms with Crippen LogP contribution in [-0.4, -0.2) is 22.4 Å². The maximum Gasteiger partial charge on any atom is 0.126 e. The number of aromatic nitrogens is 2. The third-order valence-corrected chi connectivity index (χ3v) is 3.31. The molecule has 0 bridgehead atoms. The van der Waals surface area contributed by atoms with Crippen LogP contribution in [0.1, 0.15) is 24.6 Å². The maximum atomic E-state index is 13.3. The first-order chi connectivity index (χ1) is 10.1. The van der Waals surface area contributed by atoms with Crippen molar-refractivity contribution in [3.05, 3.63) is 53.4 Å². The van der Waals surface area contributed by atoms with Gasteiger partial charge in [-0.25, -0.2) is 8.78 Å². The molecule has 1 aromatic carbocycles. The molecular weight excluding hydrogens is 272 g/mol. The first-order valence-electron chi connectivity index (χ1n) is 7.23. The second kappa shape index (κ2) is 7.31. The van der Waals surface area contributed by atoms with Gasteiger partial charge in [-0.05, 0) is 43.1 Å². The van der Waals surface area contributed by atoms with Crippen molar-refractivity contribution in [2.75, 3.05) is 6.54 Å². The Labute approximate surface area is 124 Å². The van der Waals surface area contributed by atoms with E-state index in [9.17, 15) is 8.78 Å². The van der Waals surface area contributed by atoms with E-state index in [0.29, 0.717) is 12.0 Å². The Hall–Kier alpha value is -1.75. The Morgan fingerprint density at radius 1 is 1.19 bits per heavy atom. The minimum absolute atomic E-state index is 0.112. The van der Waals surface area contributed by atoms with Crippen LogP contribution in [0.15, 0.2) is 30.5 Å². The molecule has 5 heteroatoms. The van der Waals surface area contributed by atoms with E-state index in [4.69, 9.17) is 0 Å². The number of halogens is 2. The van der Waals surface area contributed by atoms with Crippen molar-refractivity contribution in [2.45, 2.75) is 32.2 Å². The highest BCUT2D eigenvalue weighted by Gasteiger charge is 2.13. The molecule has 0 saturated heterocycles. The monoisotopic (exact) mass is 293 g/mol. The van der Waals surface area contributed by atoms with Crippen molar-refractivity contribution in [2.24, 2.45) is 7.05 Å². The summed E-state index contributed by atoms with van der Waals surface area (Å²) in [5, 5.41) is 7.78. The third-order valence-electron chi connectivity index (χ3n) is 3.31. The quantitative estimate of drug-likeness (QED) is 0.850. The van der Waals surface area contributed by atoms with Crippen LogP contribution in [0, 0.1) is 11.6 Å². The molecule has 0 fully saturated rings. The fraction of sp³-hybridized carbons (Fsp3) is 0.438. The van der Waals surface area contributed by atoms with Crippen LogP contribution in [0.2, 0.25) is 0 Å². The van der Waals surface area contributed by atoms with Gasteiger partial charge < -0.3 is 5.32 Å². The summed E-state index contributed by atoms with van der Waals surface area (Å²) in [5.74, 6) is -1.06. The fourth-order valence-corrected chi connectivity index (χ4v) is 2.40. The summed E-state index contributed by atoms with van der Waals surface area (Å²) < 4.78 is 28.3. The molecule has 2 rings (SSSR count). The zero-order valence-corrected chi connectivity index (χ0v) is 12.4. The maximum absolute atomic E-state index is 13.3. The Kier molecular flexibility index (Phi) is 5.44. The van der Waals surface area contributed by atoms with Crippen LogP contribution in [-0.2, 0) is 19.9 Å². The minimum Gasteiger partial charge on any atom is -0.313 e. The van der Waals surface area contributed by atoms with E-state index in [1.54, 1.807) is 4.68 Å². The molecule has 0 amide bonds. The van der Waals surface area contributed by atoms with Gasteiger partial charge in [-0.3, -0.25) is 4.68 Å². The van der Waals surface area contributed by atoms with E-state index >= 15 is 0 Å². The van der Waals surface area contributed by atoms with E-state index in [1.807, 2.05) is 19.3 Å². The van der Waals surface area contributed by atoms with Gasteiger partial charge in [-0.2, -0.15) is 5.10 Å². The molecule has 1 atom stereocenters. The zero-order chi connectivity index (χ0) is 15.2. The summed E-state index contributed by atoms with van der Waals surface area (Å²) in [6, 6.07) is 5.76. The molecule has 1 aromatic heterocycles. The molecule has 114 valence electrons. The molecule has 0 aliphatic carbocycles. The van der Waals surface area contributed by atoms with E-state index in [0.717, 1.165) is 31.1 Å². The van der Waals surface area contributed by atoms with E-state index in [-0.39, 0.29) is 6.04 Å². The van der Waals surface area contributed by atoms with Gasteiger partial charge in [0, 0.05) is 31.8 Å². The predicted molar refractivity (Wildman–Crippen MR) is 79.1 cm³/mol. The number of aryl methyl sites for hydroxylation is 1. The lowest BCUT2D eigenvalue weighted by Gasteiger charge is -2.18. The van der Waals surface area contributed by atoms with Crippen molar-refractivity contribution in [3.8, 4) is 0 Å². The van der Waals surface area contributed by atoms with Gasteiger partial charge in [-0.1, -0.05) is 6.92 Å². The first kappa shape index (κ1) is 15.6. The number of nitrogens with zero attached hydrogens (tertiary/aromatic N) is 2. The van der Waals surface area contributed by atoms with Gasteiger partial charge in [0.1, 0.15) is 11.6 Å². The van der Waals surface area contributed by atoms with Crippen molar-refractivity contribution in [1.29, 1.82) is 0 Å². The molecule has 0 spiro atoms. The molecular formula is C16H21F2N3. The number of hydrogen-bond acceptors (Lipinski definition) is 2. The molecule has 3 nitrogen and oxygen atoms in total. The minimum atomic E-state index is -0.530. The molecule has 1 N–H and O–H groups in total. The highest BCUT2D eigenvalue weighted by molar-refractivity contribution is 5.19. The van der Waals surface area contributed by atoms with E-state index < -0.39 is 11.6 Å². The van der Waals surface area contributed by atoms with E-state index in [1.165, 1.54) is 12.1 Å². The summed E-state index contributed by atoms with van der Waals surface area (Å²) in [6.07, 6.45) is 4.22. The van der Waals surface area contributed by atoms with Crippen LogP contribution in [0.5, 0.6) is 0 Å². The van der Waals surface area contributed by atoms with Crippen LogP contribution in [0.3, 0.4) is 0 Å². The summed E-state index contributed by atoms with van der Waals surface area (Å²) in [7, 11) is 1.87. The number of rotatable bonds is 7. The Morgan fingerprint density at radius 2 is 1.90 bits per heavy atom. The number of nitrogens with one attached hydrogen (secondary N) is 1. The van der Waals surface area contributed by atoms with Crippen molar-refractivity contribution < 1.29 is 8.78 Å². The van der Waals surface area contributed by atoms with Crippen LogP contribution < -0.4 is 5.32 Å². The van der Waals surface area contributed by atoms with E-state index in [2.05, 4.69) is 17.3 Å². The Balaban J connectivity index is 2.07. The highest BCUT2D eigenvalue weighted by atomic mass is 19.1. The topological polar surface area (TPSA) is 29.9 Å². The van der Waals surface area contributed by atoms with Gasteiger partial charge in [0.05, 0.1) is 5.69 Å². The largest absolute Gasteiger partial charge is 0.313 e. The third kappa shape index (κ3) is 4.93. The molecule has 0 radical (unpaired) electrons. The van der Waals surface area contributed by atoms with Crippen molar-refractivity contribution in [1.82, 2.24) is 15.1 Å². The average Bonchev–Trinajstić information content (AvgIpc) is 2.80. The van der Waals surface area contributed by atoms with Gasteiger partial charge in [0.15, 0.2) is 0 Å². The summed E-state index contributed by atoms with van der Waals surface area (Å²) in [5.41, 5.74) is 1.64. The predicted octanol–water partition coefficient (Wildman–Crippen LogP) is 2.85. The van der Waals surface area contributed by atoms with Gasteiger partial charge in [-0.15, -0.1) is 0 Å². The van der Waals surface area contributed by atoms with Gasteiger partial charge in [0.2, 0.25) is 0 Å². The summed E-state index contributed by atoms with van der Waals surface area (Å²) >= 11 is 0. The molecule has 21 heavy (non-hydrogen) atoms. The lowest BCUT2D eigenvalue weighted by atomic mass is 10.0. The fourth-order valence-electron chi connectivity index (χ4n) is 2.40. The zero-order valence-electron chi connectivity index (χ0n) is 12.4. The van der Waals surface area contributed by atoms with Crippen molar-refractivity contribution >= 4 is 0 Å². The molecule has 1 heterocycles. The summed E-state index contributed by atoms with van der Waals surface area (Å²) in [6.45, 7) is 2.96. The van der Waals surface area contributed by atoms with Crippen LogP contribution in [0.4, 0.5) is 8.78 Å². The van der Waals surface area contributed by atoms with Crippen LogP contribution >= 0.6 is 0 Å². The first-order valence-corrected chi connectivity index (χ1v) is 7.23. The number of benzene rings is 1. The lowest BCUT2D eigenvalue weighted by molar-refractivity contribution is 0.494. The average molecular weight is 293 g/mol. The normalized spacial score (nSPS) is 12.6. The SMILES string of the molecule is CCCNC(Cc1cc(F)cc(F)c1)Cc1ccn(C)n1. The molecule has 2 aromatic rings. The standard InChI is InChI=1S/C16H21F2N3/c1-3-5-19-16(11-15-4-6-21(2)20-15)9-12-7-13(17)10-14(18)8-12/h4,6-8,10,16,19H,3,5,9,11H2,1-2H3. The molecule has 0 aliphatic heterocycles.